The fourth-order valence-corrected chi connectivity index (χ4v) is 4.10. The van der Waals surface area contributed by atoms with Gasteiger partial charge in [0.2, 0.25) is 0 Å². The third kappa shape index (κ3) is 7.79. The zero-order valence-corrected chi connectivity index (χ0v) is 21.6. The molecule has 0 saturated carbocycles. The summed E-state index contributed by atoms with van der Waals surface area (Å²) in [5.74, 6) is -1.32. The van der Waals surface area contributed by atoms with Gasteiger partial charge in [-0.25, -0.2) is 0 Å². The summed E-state index contributed by atoms with van der Waals surface area (Å²) < 4.78 is 5.81. The van der Waals surface area contributed by atoms with Crippen LogP contribution in [-0.2, 0) is 17.8 Å². The first-order valence-electron chi connectivity index (χ1n) is 12.6. The monoisotopic (exact) mass is 522 g/mol. The molecular weight excluding hydrogens is 492 g/mol. The van der Waals surface area contributed by atoms with Crippen LogP contribution in [-0.4, -0.2) is 27.9 Å². The van der Waals surface area contributed by atoms with Crippen LogP contribution in [0.4, 0.5) is 5.69 Å². The molecule has 7 nitrogen and oxygen atoms in total. The van der Waals surface area contributed by atoms with Crippen molar-refractivity contribution in [2.24, 2.45) is 11.1 Å². The Balaban J connectivity index is 1.35. The van der Waals surface area contributed by atoms with Crippen LogP contribution in [0, 0.1) is 12.8 Å². The number of amides is 1. The quantitative estimate of drug-likeness (QED) is 0.121. The summed E-state index contributed by atoms with van der Waals surface area (Å²) in [6, 6.07) is 31.2. The fraction of sp³-hybridized carbons (Fsp3) is 0.156. The number of anilines is 1. The number of carboxylic acid groups (broad SMARTS) is 1. The Bertz CT molecular complexity index is 1410. The first kappa shape index (κ1) is 27.1. The van der Waals surface area contributed by atoms with E-state index in [0.29, 0.717) is 29.2 Å². The molecule has 0 aliphatic heterocycles. The molecule has 1 atom stereocenters. The topological polar surface area (TPSA) is 108 Å². The molecule has 0 saturated heterocycles. The van der Waals surface area contributed by atoms with Crippen molar-refractivity contribution in [2.75, 3.05) is 5.32 Å². The van der Waals surface area contributed by atoms with Gasteiger partial charge < -0.3 is 20.4 Å². The normalized spacial score (nSPS) is 12.0. The van der Waals surface area contributed by atoms with Crippen molar-refractivity contribution in [3.05, 3.63) is 131 Å². The SMILES string of the molecule is Cc1ccc(C(=O)Nc2ccc(C(CC(Cc3ccc(OCc4ccccc4)cc3)C(=O)O)=NO)cc2)cc1. The van der Waals surface area contributed by atoms with Crippen LogP contribution in [0.3, 0.4) is 0 Å². The molecule has 4 aromatic carbocycles. The Morgan fingerprint density at radius 1 is 0.821 bits per heavy atom. The molecule has 0 spiro atoms. The van der Waals surface area contributed by atoms with Gasteiger partial charge in [0, 0.05) is 17.7 Å². The van der Waals surface area contributed by atoms with Crippen LogP contribution < -0.4 is 10.1 Å². The highest BCUT2D eigenvalue weighted by Crippen LogP contribution is 2.21. The molecule has 0 fully saturated rings. The highest BCUT2D eigenvalue weighted by Gasteiger charge is 2.22. The molecule has 1 amide bonds. The van der Waals surface area contributed by atoms with Gasteiger partial charge in [0.1, 0.15) is 12.4 Å². The minimum atomic E-state index is -0.984. The number of rotatable bonds is 11. The van der Waals surface area contributed by atoms with E-state index in [-0.39, 0.29) is 24.5 Å². The van der Waals surface area contributed by atoms with E-state index in [0.717, 1.165) is 16.7 Å². The van der Waals surface area contributed by atoms with Gasteiger partial charge in [0.05, 0.1) is 11.6 Å². The summed E-state index contributed by atoms with van der Waals surface area (Å²) in [5, 5.41) is 25.7. The van der Waals surface area contributed by atoms with Gasteiger partial charge in [0.15, 0.2) is 0 Å². The van der Waals surface area contributed by atoms with E-state index in [1.54, 1.807) is 36.4 Å². The second kappa shape index (κ2) is 13.1. The van der Waals surface area contributed by atoms with Crippen molar-refractivity contribution in [3.8, 4) is 5.75 Å². The molecule has 3 N–H and O–H groups in total. The number of carbonyl (C=O) groups is 2. The molecule has 39 heavy (non-hydrogen) atoms. The summed E-state index contributed by atoms with van der Waals surface area (Å²) in [7, 11) is 0. The maximum atomic E-state index is 12.5. The van der Waals surface area contributed by atoms with E-state index in [9.17, 15) is 19.9 Å². The van der Waals surface area contributed by atoms with Crippen LogP contribution in [0.5, 0.6) is 5.75 Å². The number of nitrogens with one attached hydrogen (secondary N) is 1. The Morgan fingerprint density at radius 2 is 1.46 bits per heavy atom. The maximum absolute atomic E-state index is 12.5. The summed E-state index contributed by atoms with van der Waals surface area (Å²) in [5.41, 5.74) is 4.90. The van der Waals surface area contributed by atoms with Crippen molar-refractivity contribution >= 4 is 23.3 Å². The standard InChI is InChI=1S/C32H30N2O5/c1-22-7-11-26(12-8-22)31(35)33-28-15-13-25(14-16-28)30(34-38)20-27(32(36)37)19-23-9-17-29(18-10-23)39-21-24-5-3-2-4-6-24/h2-18,27,38H,19-21H2,1H3,(H,33,35)(H,36,37). The van der Waals surface area contributed by atoms with E-state index < -0.39 is 11.9 Å². The molecule has 1 unspecified atom stereocenters. The first-order valence-corrected chi connectivity index (χ1v) is 12.6. The lowest BCUT2D eigenvalue weighted by atomic mass is 9.91. The number of benzene rings is 4. The van der Waals surface area contributed by atoms with Gasteiger partial charge in [-0.15, -0.1) is 0 Å². The lowest BCUT2D eigenvalue weighted by molar-refractivity contribution is -0.141. The minimum Gasteiger partial charge on any atom is -0.489 e. The molecule has 4 aromatic rings. The van der Waals surface area contributed by atoms with Gasteiger partial charge in [-0.05, 0) is 66.4 Å². The average Bonchev–Trinajstić information content (AvgIpc) is 2.96. The lowest BCUT2D eigenvalue weighted by Gasteiger charge is -2.15. The summed E-state index contributed by atoms with van der Waals surface area (Å²) in [4.78, 5) is 24.5. The minimum absolute atomic E-state index is 0.0349. The maximum Gasteiger partial charge on any atom is 0.307 e. The smallest absolute Gasteiger partial charge is 0.307 e. The van der Waals surface area contributed by atoms with Crippen molar-refractivity contribution < 1.29 is 24.6 Å². The van der Waals surface area contributed by atoms with E-state index in [1.165, 1.54) is 0 Å². The molecule has 0 heterocycles. The third-order valence-corrected chi connectivity index (χ3v) is 6.35. The van der Waals surface area contributed by atoms with E-state index >= 15 is 0 Å². The first-order chi connectivity index (χ1) is 18.9. The molecule has 4 rings (SSSR count). The van der Waals surface area contributed by atoms with Gasteiger partial charge in [0.25, 0.3) is 5.91 Å². The number of hydrogen-bond donors (Lipinski definition) is 3. The zero-order valence-electron chi connectivity index (χ0n) is 21.6. The molecule has 0 radical (unpaired) electrons. The van der Waals surface area contributed by atoms with Gasteiger partial charge in [-0.2, -0.15) is 0 Å². The van der Waals surface area contributed by atoms with E-state index in [4.69, 9.17) is 4.74 Å². The Labute approximate surface area is 227 Å². The highest BCUT2D eigenvalue weighted by molar-refractivity contribution is 6.05. The number of hydrogen-bond acceptors (Lipinski definition) is 5. The van der Waals surface area contributed by atoms with Gasteiger partial charge in [-0.3, -0.25) is 9.59 Å². The highest BCUT2D eigenvalue weighted by atomic mass is 16.5. The molecule has 0 bridgehead atoms. The molecule has 198 valence electrons. The van der Waals surface area contributed by atoms with Crippen LogP contribution in [0.1, 0.15) is 39.0 Å². The fourth-order valence-electron chi connectivity index (χ4n) is 4.10. The lowest BCUT2D eigenvalue weighted by Crippen LogP contribution is -2.21. The van der Waals surface area contributed by atoms with Crippen molar-refractivity contribution in [3.63, 3.8) is 0 Å². The number of oxime groups is 1. The number of carbonyl (C=O) groups excluding carboxylic acids is 1. The van der Waals surface area contributed by atoms with Gasteiger partial charge in [-0.1, -0.05) is 77.4 Å². The summed E-state index contributed by atoms with van der Waals surface area (Å²) in [6.07, 6.45) is 0.297. The predicted molar refractivity (Wildman–Crippen MR) is 151 cm³/mol. The van der Waals surface area contributed by atoms with Crippen LogP contribution in [0.2, 0.25) is 0 Å². The third-order valence-electron chi connectivity index (χ3n) is 6.35. The number of ether oxygens (including phenoxy) is 1. The number of aliphatic carboxylic acids is 1. The number of aryl methyl sites for hydroxylation is 1. The molecule has 0 aliphatic rings. The van der Waals surface area contributed by atoms with Crippen LogP contribution in [0.15, 0.2) is 108 Å². The predicted octanol–water partition coefficient (Wildman–Crippen LogP) is 6.34. The molecule has 0 aromatic heterocycles. The number of carboxylic acids is 1. The second-order valence-corrected chi connectivity index (χ2v) is 9.31. The summed E-state index contributed by atoms with van der Waals surface area (Å²) >= 11 is 0. The van der Waals surface area contributed by atoms with E-state index in [2.05, 4.69) is 10.5 Å². The Kier molecular flexibility index (Phi) is 9.08. The van der Waals surface area contributed by atoms with Crippen LogP contribution in [0.25, 0.3) is 0 Å². The Morgan fingerprint density at radius 3 is 2.08 bits per heavy atom. The number of nitrogens with zero attached hydrogens (tertiary/aromatic N) is 1. The Hall–Kier alpha value is -4.91. The van der Waals surface area contributed by atoms with Crippen molar-refractivity contribution in [1.82, 2.24) is 0 Å². The van der Waals surface area contributed by atoms with Crippen molar-refractivity contribution in [2.45, 2.75) is 26.4 Å². The summed E-state index contributed by atoms with van der Waals surface area (Å²) in [6.45, 7) is 2.40. The molecule has 7 heteroatoms. The van der Waals surface area contributed by atoms with Crippen LogP contribution >= 0.6 is 0 Å². The second-order valence-electron chi connectivity index (χ2n) is 9.31. The molecular formula is C32H30N2O5. The molecule has 0 aliphatic carbocycles. The zero-order chi connectivity index (χ0) is 27.6. The van der Waals surface area contributed by atoms with Crippen molar-refractivity contribution in [1.29, 1.82) is 0 Å². The van der Waals surface area contributed by atoms with Gasteiger partial charge >= 0.3 is 5.97 Å². The largest absolute Gasteiger partial charge is 0.489 e. The van der Waals surface area contributed by atoms with E-state index in [1.807, 2.05) is 73.7 Å². The average molecular weight is 523 g/mol.